The fourth-order valence-corrected chi connectivity index (χ4v) is 18.6. The Morgan fingerprint density at radius 2 is 0.958 bits per heavy atom. The minimum absolute atomic E-state index is 0.501. The molecular weight excluding hydrogens is 683 g/mol. The molecule has 2 nitrogen and oxygen atoms in total. The van der Waals surface area contributed by atoms with Gasteiger partial charge in [0.2, 0.25) is 0 Å². The number of hydrogen-bond acceptors (Lipinski definition) is 2. The van der Waals surface area contributed by atoms with E-state index in [2.05, 4.69) is 171 Å². The van der Waals surface area contributed by atoms with E-state index in [1.807, 2.05) is 12.1 Å². The molecule has 0 fully saturated rings. The van der Waals surface area contributed by atoms with E-state index in [9.17, 15) is 0 Å². The maximum absolute atomic E-state index is 9.12. The van der Waals surface area contributed by atoms with Gasteiger partial charge in [-0.3, -0.25) is 0 Å². The van der Waals surface area contributed by atoms with E-state index in [1.54, 1.807) is 12.1 Å². The molecular formula is C42H60BBrO2Si2. The van der Waals surface area contributed by atoms with E-state index in [0.29, 0.717) is 38.7 Å². The second-order valence-corrected chi connectivity index (χ2v) is 27.3. The zero-order chi connectivity index (χ0) is 36.4. The van der Waals surface area contributed by atoms with Crippen LogP contribution >= 0.6 is 15.9 Å². The van der Waals surface area contributed by atoms with Gasteiger partial charge in [-0.15, -0.1) is 11.1 Å². The van der Waals surface area contributed by atoms with Crippen molar-refractivity contribution in [1.29, 1.82) is 0 Å². The number of aryl methyl sites for hydroxylation is 1. The number of halogens is 1. The average Bonchev–Trinajstić information content (AvgIpc) is 3.00. The summed E-state index contributed by atoms with van der Waals surface area (Å²) >= 11 is 3.58. The Labute approximate surface area is 304 Å². The maximum Gasteiger partial charge on any atom is 0.488 e. The summed E-state index contributed by atoms with van der Waals surface area (Å²) < 4.78 is 1.14. The Kier molecular flexibility index (Phi) is 16.2. The first-order valence-electron chi connectivity index (χ1n) is 17.7. The number of benzene rings is 3. The molecule has 0 aliphatic heterocycles. The highest BCUT2D eigenvalue weighted by atomic mass is 79.9. The molecule has 0 aliphatic rings. The van der Waals surface area contributed by atoms with Crippen LogP contribution < -0.4 is 5.46 Å². The number of hydrogen-bond donors (Lipinski definition) is 2. The highest BCUT2D eigenvalue weighted by Crippen LogP contribution is 2.41. The third-order valence-corrected chi connectivity index (χ3v) is 23.5. The van der Waals surface area contributed by atoms with Crippen LogP contribution in [0.25, 0.3) is 0 Å². The third kappa shape index (κ3) is 10.6. The largest absolute Gasteiger partial charge is 0.488 e. The monoisotopic (exact) mass is 742 g/mol. The lowest BCUT2D eigenvalue weighted by Crippen LogP contribution is -2.43. The Balaban J connectivity index is 0.000000345. The zero-order valence-corrected chi connectivity index (χ0v) is 35.5. The van der Waals surface area contributed by atoms with Crippen LogP contribution in [0.5, 0.6) is 0 Å². The van der Waals surface area contributed by atoms with Crippen molar-refractivity contribution in [3.8, 4) is 22.9 Å². The number of rotatable bonds is 9. The van der Waals surface area contributed by atoms with Gasteiger partial charge in [0.1, 0.15) is 16.1 Å². The smallest absolute Gasteiger partial charge is 0.423 e. The van der Waals surface area contributed by atoms with Crippen molar-refractivity contribution in [2.45, 2.75) is 130 Å². The molecule has 0 aliphatic carbocycles. The Bertz CT molecular complexity index is 1520. The molecule has 3 rings (SSSR count). The van der Waals surface area contributed by atoms with E-state index < -0.39 is 23.3 Å². The predicted octanol–water partition coefficient (Wildman–Crippen LogP) is 10.9. The molecule has 0 heterocycles. The lowest BCUT2D eigenvalue weighted by molar-refractivity contribution is 0.426. The van der Waals surface area contributed by atoms with Gasteiger partial charge < -0.3 is 10.0 Å². The topological polar surface area (TPSA) is 40.5 Å². The molecule has 0 saturated carbocycles. The third-order valence-electron chi connectivity index (χ3n) is 10.4. The SMILES string of the molecule is CC(C)[Si](C#Cc1ccc(B(O)O)cc1)(C(C)C)C(C)C.Cc1ccc(Br)cc1Cc1ccc(C#C[Si](C(C)C)(C(C)C)C(C)C)cc1. The van der Waals surface area contributed by atoms with Crippen molar-refractivity contribution in [1.82, 2.24) is 0 Å². The summed E-state index contributed by atoms with van der Waals surface area (Å²) in [5, 5.41) is 18.2. The van der Waals surface area contributed by atoms with Crippen molar-refractivity contribution in [3.05, 3.63) is 99.0 Å². The van der Waals surface area contributed by atoms with Crippen molar-refractivity contribution in [3.63, 3.8) is 0 Å². The molecule has 0 radical (unpaired) electrons. The summed E-state index contributed by atoms with van der Waals surface area (Å²) in [7, 11) is -4.79. The van der Waals surface area contributed by atoms with Gasteiger partial charge in [-0.05, 0) is 105 Å². The minimum Gasteiger partial charge on any atom is -0.423 e. The first-order valence-corrected chi connectivity index (χ1v) is 23.0. The molecule has 0 bridgehead atoms. The van der Waals surface area contributed by atoms with Gasteiger partial charge in [-0.1, -0.05) is 141 Å². The zero-order valence-electron chi connectivity index (χ0n) is 31.9. The second kappa shape index (κ2) is 18.6. The molecule has 0 saturated heterocycles. The Hall–Kier alpha value is -2.32. The molecule has 0 spiro atoms. The van der Waals surface area contributed by atoms with Gasteiger partial charge in [0.25, 0.3) is 0 Å². The maximum atomic E-state index is 9.12. The molecule has 0 atom stereocenters. The summed E-state index contributed by atoms with van der Waals surface area (Å²) in [6.45, 7) is 30.2. The minimum atomic E-state index is -1.71. The van der Waals surface area contributed by atoms with Gasteiger partial charge >= 0.3 is 7.12 Å². The van der Waals surface area contributed by atoms with Gasteiger partial charge in [-0.25, -0.2) is 0 Å². The van der Waals surface area contributed by atoms with Crippen LogP contribution in [0.15, 0.2) is 71.2 Å². The Morgan fingerprint density at radius 1 is 0.583 bits per heavy atom. The van der Waals surface area contributed by atoms with Crippen LogP contribution in [0.1, 0.15) is 111 Å². The van der Waals surface area contributed by atoms with E-state index >= 15 is 0 Å². The normalized spacial score (nSPS) is 11.8. The molecule has 0 amide bonds. The van der Waals surface area contributed by atoms with Crippen LogP contribution in [0, 0.1) is 29.9 Å². The summed E-state index contributed by atoms with van der Waals surface area (Å²) in [4.78, 5) is 0. The van der Waals surface area contributed by atoms with Crippen LogP contribution in [0.2, 0.25) is 33.2 Å². The molecule has 0 unspecified atom stereocenters. The van der Waals surface area contributed by atoms with Crippen molar-refractivity contribution >= 4 is 44.7 Å². The van der Waals surface area contributed by atoms with Crippen molar-refractivity contribution < 1.29 is 10.0 Å². The quantitative estimate of drug-likeness (QED) is 0.169. The van der Waals surface area contributed by atoms with Gasteiger partial charge in [0.15, 0.2) is 0 Å². The van der Waals surface area contributed by atoms with E-state index in [1.165, 1.54) is 16.7 Å². The van der Waals surface area contributed by atoms with E-state index in [0.717, 1.165) is 22.0 Å². The van der Waals surface area contributed by atoms with Crippen LogP contribution in [0.4, 0.5) is 0 Å². The van der Waals surface area contributed by atoms with Crippen molar-refractivity contribution in [2.75, 3.05) is 0 Å². The fraction of sp³-hybridized carbons (Fsp3) is 0.476. The van der Waals surface area contributed by atoms with Gasteiger partial charge in [0.05, 0.1) is 0 Å². The summed E-state index contributed by atoms with van der Waals surface area (Å²) in [6, 6.07) is 22.5. The summed E-state index contributed by atoms with van der Waals surface area (Å²) in [6.07, 6.45) is 0.960. The van der Waals surface area contributed by atoms with Gasteiger partial charge in [-0.2, -0.15) is 0 Å². The Morgan fingerprint density at radius 3 is 1.31 bits per heavy atom. The first kappa shape index (κ1) is 41.8. The predicted molar refractivity (Wildman–Crippen MR) is 220 cm³/mol. The lowest BCUT2D eigenvalue weighted by Gasteiger charge is -2.38. The molecule has 6 heteroatoms. The molecule has 3 aromatic carbocycles. The van der Waals surface area contributed by atoms with E-state index in [-0.39, 0.29) is 0 Å². The van der Waals surface area contributed by atoms with Gasteiger partial charge in [0, 0.05) is 15.6 Å². The second-order valence-electron chi connectivity index (χ2n) is 15.2. The molecule has 258 valence electrons. The molecule has 0 aromatic heterocycles. The van der Waals surface area contributed by atoms with Crippen LogP contribution in [0.3, 0.4) is 0 Å². The van der Waals surface area contributed by atoms with E-state index in [4.69, 9.17) is 10.0 Å². The highest BCUT2D eigenvalue weighted by molar-refractivity contribution is 9.10. The van der Waals surface area contributed by atoms with Crippen molar-refractivity contribution in [2.24, 2.45) is 0 Å². The first-order chi connectivity index (χ1) is 22.4. The molecule has 48 heavy (non-hydrogen) atoms. The van der Waals surface area contributed by atoms with Crippen LogP contribution in [-0.4, -0.2) is 33.3 Å². The lowest BCUT2D eigenvalue weighted by atomic mass is 9.80. The summed E-state index contributed by atoms with van der Waals surface area (Å²) in [5.41, 5.74) is 18.0. The molecule has 3 aromatic rings. The molecule has 2 N–H and O–H groups in total. The fourth-order valence-electron chi connectivity index (χ4n) is 7.72. The average molecular weight is 744 g/mol. The van der Waals surface area contributed by atoms with Crippen LogP contribution in [-0.2, 0) is 6.42 Å². The highest BCUT2D eigenvalue weighted by Gasteiger charge is 2.42. The standard InChI is InChI=1S/C25H33BrSi.C17H27BO2Si/c1-18(2)27(19(3)4,20(5)6)15-14-22-9-11-23(12-10-22)16-24-17-25(26)13-8-21(24)7;1-13(2)21(14(3)4,15(5)6)12-11-16-7-9-17(10-8-16)18(19)20/h8-13,17-20H,16H2,1-7H3;7-10,13-15,19-20H,1-6H3. The summed E-state index contributed by atoms with van der Waals surface area (Å²) in [5.74, 6) is 6.89.